The van der Waals surface area contributed by atoms with Crippen LogP contribution in [0.2, 0.25) is 0 Å². The SMILES string of the molecule is CC(=O)/C=C/c1ccc2c(c1)C1=C(CC(=O)N2)c2cc(C)ccc2C1.COC(=O)/C=C/c1ccc2c(c1)C1=C(CC(=O)N2)c2cc(C)ccc2C1.Cc1ccc2c(c1)C1=C(C2)c2cc(C#CC3(C)CCCCC3)ccc2NC(=O)C1.Cc1ccc2c(c1)C1=C(C2)c2cc(C3OC3C)ccc2NC(=O)C1. The van der Waals surface area contributed by atoms with Crippen LogP contribution in [0.1, 0.15) is 196 Å². The highest BCUT2D eigenvalue weighted by atomic mass is 16.6. The average Bonchev–Trinajstić information content (AvgIpc) is 1.63. The predicted molar refractivity (Wildman–Crippen MR) is 418 cm³/mol. The van der Waals surface area contributed by atoms with Crippen LogP contribution in [0.4, 0.5) is 22.7 Å². The Morgan fingerprint density at radius 3 is 1.18 bits per heavy atom. The fraction of sp³-hybridized carbons (Fsp3) is 0.261. The largest absolute Gasteiger partial charge is 0.466 e. The molecule has 2 unspecified atom stereocenters. The number of carbonyl (C=O) groups excluding carboxylic acids is 6. The summed E-state index contributed by atoms with van der Waals surface area (Å²) < 4.78 is 10.3. The fourth-order valence-electron chi connectivity index (χ4n) is 16.4. The van der Waals surface area contributed by atoms with Gasteiger partial charge in [0.1, 0.15) is 6.10 Å². The van der Waals surface area contributed by atoms with Crippen molar-refractivity contribution in [2.24, 2.45) is 5.41 Å². The highest BCUT2D eigenvalue weighted by molar-refractivity contribution is 6.16. The van der Waals surface area contributed by atoms with Crippen LogP contribution in [0.3, 0.4) is 0 Å². The van der Waals surface area contributed by atoms with Gasteiger partial charge in [-0.2, -0.15) is 0 Å². The number of carbonyl (C=O) groups is 6. The lowest BCUT2D eigenvalue weighted by Crippen LogP contribution is -2.17. The van der Waals surface area contributed by atoms with Gasteiger partial charge >= 0.3 is 5.97 Å². The van der Waals surface area contributed by atoms with Crippen LogP contribution in [-0.4, -0.2) is 48.6 Å². The van der Waals surface area contributed by atoms with E-state index in [2.05, 4.69) is 183 Å². The highest BCUT2D eigenvalue weighted by Crippen LogP contribution is 2.51. The summed E-state index contributed by atoms with van der Waals surface area (Å²) in [5.41, 5.74) is 36.6. The Labute approximate surface area is 608 Å². The molecule has 1 saturated carbocycles. The lowest BCUT2D eigenvalue weighted by atomic mass is 9.76. The molecule has 2 fully saturated rings. The molecule has 5 heterocycles. The van der Waals surface area contributed by atoms with Crippen molar-refractivity contribution in [3.63, 3.8) is 0 Å². The molecule has 0 bridgehead atoms. The second kappa shape index (κ2) is 28.2. The molecule has 1 saturated heterocycles. The van der Waals surface area contributed by atoms with Gasteiger partial charge in [-0.15, -0.1) is 0 Å². The predicted octanol–water partition coefficient (Wildman–Crippen LogP) is 18.8. The Balaban J connectivity index is 0.000000112. The molecular formula is C92H84N4O8. The number of aryl methyl sites for hydroxylation is 4. The van der Waals surface area contributed by atoms with E-state index in [1.165, 1.54) is 158 Å². The molecule has 520 valence electrons. The molecule has 5 aliphatic heterocycles. The van der Waals surface area contributed by atoms with Gasteiger partial charge in [-0.3, -0.25) is 24.0 Å². The number of ketones is 1. The fourth-order valence-corrected chi connectivity index (χ4v) is 16.4. The number of allylic oxidation sites excluding steroid dienone is 5. The van der Waals surface area contributed by atoms with Crippen molar-refractivity contribution >= 4 is 115 Å². The summed E-state index contributed by atoms with van der Waals surface area (Å²) >= 11 is 0. The van der Waals surface area contributed by atoms with Crippen molar-refractivity contribution < 1.29 is 38.2 Å². The van der Waals surface area contributed by atoms with Crippen molar-refractivity contribution in [2.45, 2.75) is 144 Å². The number of fused-ring (bicyclic) bond motifs is 16. The molecule has 8 aromatic rings. The number of esters is 1. The molecule has 0 radical (unpaired) electrons. The van der Waals surface area contributed by atoms with E-state index in [1.54, 1.807) is 12.2 Å². The highest BCUT2D eigenvalue weighted by Gasteiger charge is 2.38. The Morgan fingerprint density at radius 2 is 0.798 bits per heavy atom. The molecule has 0 aromatic heterocycles. The number of epoxide rings is 1. The van der Waals surface area contributed by atoms with E-state index in [0.717, 1.165) is 98.5 Å². The van der Waals surface area contributed by atoms with Crippen LogP contribution in [0.25, 0.3) is 56.7 Å². The first-order valence-electron chi connectivity index (χ1n) is 36.3. The van der Waals surface area contributed by atoms with Crippen molar-refractivity contribution in [3.05, 3.63) is 269 Å². The Hall–Kier alpha value is -11.3. The summed E-state index contributed by atoms with van der Waals surface area (Å²) in [6.07, 6.45) is 18.4. The number of hydrogen-bond acceptors (Lipinski definition) is 8. The summed E-state index contributed by atoms with van der Waals surface area (Å²) in [6, 6.07) is 50.4. The normalized spacial score (nSPS) is 18.5. The first-order valence-corrected chi connectivity index (χ1v) is 36.3. The number of rotatable bonds is 5. The Morgan fingerprint density at radius 1 is 0.442 bits per heavy atom. The third-order valence-corrected chi connectivity index (χ3v) is 21.8. The van der Waals surface area contributed by atoms with Gasteiger partial charge < -0.3 is 30.7 Å². The first-order chi connectivity index (χ1) is 50.2. The lowest BCUT2D eigenvalue weighted by Gasteiger charge is -2.27. The van der Waals surface area contributed by atoms with Crippen molar-refractivity contribution in [1.29, 1.82) is 0 Å². The second-order valence-electron chi connectivity index (χ2n) is 29.7. The smallest absolute Gasteiger partial charge is 0.330 e. The number of ether oxygens (including phenoxy) is 2. The van der Waals surface area contributed by atoms with Crippen LogP contribution < -0.4 is 21.3 Å². The molecule has 4 N–H and O–H groups in total. The summed E-state index contributed by atoms with van der Waals surface area (Å²) in [5.74, 6) is 6.83. The zero-order valence-electron chi connectivity index (χ0n) is 60.3. The van der Waals surface area contributed by atoms with E-state index in [-0.39, 0.29) is 40.9 Å². The molecule has 10 aliphatic rings. The van der Waals surface area contributed by atoms with E-state index in [4.69, 9.17) is 4.74 Å². The molecule has 4 amide bonds. The van der Waals surface area contributed by atoms with Crippen molar-refractivity contribution in [2.75, 3.05) is 28.4 Å². The van der Waals surface area contributed by atoms with Gasteiger partial charge in [0.05, 0.1) is 38.9 Å². The summed E-state index contributed by atoms with van der Waals surface area (Å²) in [6.45, 7) is 14.3. The summed E-state index contributed by atoms with van der Waals surface area (Å²) in [7, 11) is 1.36. The standard InChI is InChI=1S/C27H27NO.C22H19NO3.C22H19NO2.C21H19NO2/c1-18-6-8-20-16-22-23(21(20)14-18)17-26(29)28-25-9-7-19(15-24(22)25)10-13-27(2)11-4-3-5-12-27;1-13-3-6-15-11-17-18(16(15)9-13)12-21(24)23-20-7-4-14(10-19(17)20)5-8-22(25)26-2;1-13-3-7-16-11-18-19(17(16)9-13)12-22(25)23-21-8-6-15(10-20(18)21)5-4-14(2)24;1-11-3-4-13-8-16-17(15(13)7-11)10-20(23)22-19-6-5-14(9-18(16)19)21-12(2)24-21/h6-9,14-15H,3-5,11-12,16-17H2,1-2H3,(H,28,29);3-10H,11-12H2,1-2H3,(H,23,24);3-10H,11-12H2,1-2H3,(H,23,25);3-7,9,12,21H,8,10H2,1-2H3,(H,22,23)/b;8-5+;5-4+;. The monoisotopic (exact) mass is 1370 g/mol. The van der Waals surface area contributed by atoms with Crippen LogP contribution >= 0.6 is 0 Å². The first kappa shape index (κ1) is 68.5. The van der Waals surface area contributed by atoms with Crippen LogP contribution in [-0.2, 0) is 63.9 Å². The third-order valence-electron chi connectivity index (χ3n) is 21.8. The minimum absolute atomic E-state index is 0.00320. The van der Waals surface area contributed by atoms with Crippen molar-refractivity contribution in [3.8, 4) is 11.8 Å². The van der Waals surface area contributed by atoms with Crippen LogP contribution in [0.5, 0.6) is 0 Å². The molecular weight excluding hydrogens is 1290 g/mol. The molecule has 2 atom stereocenters. The van der Waals surface area contributed by atoms with Gasteiger partial charge in [0.15, 0.2) is 5.78 Å². The molecule has 8 aromatic carbocycles. The topological polar surface area (TPSA) is 172 Å². The van der Waals surface area contributed by atoms with Crippen LogP contribution in [0, 0.1) is 45.0 Å². The quantitative estimate of drug-likeness (QED) is 0.0571. The molecule has 5 aliphatic carbocycles. The second-order valence-corrected chi connectivity index (χ2v) is 29.7. The summed E-state index contributed by atoms with van der Waals surface area (Å²) in [4.78, 5) is 72.3. The zero-order valence-corrected chi connectivity index (χ0v) is 60.3. The van der Waals surface area contributed by atoms with Gasteiger partial charge in [-0.25, -0.2) is 4.79 Å². The molecule has 18 rings (SSSR count). The van der Waals surface area contributed by atoms with Gasteiger partial charge in [-0.05, 0) is 260 Å². The van der Waals surface area contributed by atoms with E-state index in [1.807, 2.05) is 48.5 Å². The Bertz CT molecular complexity index is 5320. The van der Waals surface area contributed by atoms with Crippen molar-refractivity contribution in [1.82, 2.24) is 0 Å². The maximum atomic E-state index is 12.6. The number of benzene rings is 8. The zero-order chi connectivity index (χ0) is 72.2. The van der Waals surface area contributed by atoms with Gasteiger partial charge in [0.2, 0.25) is 23.6 Å². The van der Waals surface area contributed by atoms with E-state index < -0.39 is 5.97 Å². The molecule has 12 nitrogen and oxygen atoms in total. The number of methoxy groups -OCH3 is 1. The Kier molecular flexibility index (Phi) is 18.6. The van der Waals surface area contributed by atoms with Gasteiger partial charge in [-0.1, -0.05) is 150 Å². The van der Waals surface area contributed by atoms with E-state index in [9.17, 15) is 28.8 Å². The van der Waals surface area contributed by atoms with Crippen LogP contribution in [0.15, 0.2) is 158 Å². The molecule has 0 spiro atoms. The minimum Gasteiger partial charge on any atom is -0.466 e. The van der Waals surface area contributed by atoms with E-state index in [0.29, 0.717) is 31.8 Å². The number of anilines is 4. The number of nitrogens with one attached hydrogen (secondary N) is 4. The number of amides is 4. The number of hydrogen-bond donors (Lipinski definition) is 4. The maximum Gasteiger partial charge on any atom is 0.330 e. The lowest BCUT2D eigenvalue weighted by molar-refractivity contribution is -0.134. The minimum atomic E-state index is -0.392. The molecule has 104 heavy (non-hydrogen) atoms. The maximum absolute atomic E-state index is 12.6. The van der Waals surface area contributed by atoms with Gasteiger partial charge in [0.25, 0.3) is 0 Å². The van der Waals surface area contributed by atoms with E-state index >= 15 is 0 Å². The van der Waals surface area contributed by atoms with Gasteiger partial charge in [0, 0.05) is 62.1 Å². The third kappa shape index (κ3) is 14.2. The average molecular weight is 1370 g/mol. The molecule has 12 heteroatoms. The summed E-state index contributed by atoms with van der Waals surface area (Å²) in [5, 5.41) is 12.2.